The Balaban J connectivity index is 3.17. The van der Waals surface area contributed by atoms with E-state index < -0.39 is 0 Å². The topological polar surface area (TPSA) is 73.1 Å². The Morgan fingerprint density at radius 2 is 2.25 bits per heavy atom. The van der Waals surface area contributed by atoms with Gasteiger partial charge in [0.1, 0.15) is 0 Å². The van der Waals surface area contributed by atoms with Gasteiger partial charge in [-0.2, -0.15) is 5.26 Å². The van der Waals surface area contributed by atoms with Gasteiger partial charge in [0.25, 0.3) is 0 Å². The molecule has 2 N–H and O–H groups in total. The van der Waals surface area contributed by atoms with Crippen LogP contribution in [0.15, 0.2) is 0 Å². The zero-order chi connectivity index (χ0) is 9.23. The van der Waals surface area contributed by atoms with Crippen LogP contribution in [0.5, 0.6) is 0 Å². The van der Waals surface area contributed by atoms with Gasteiger partial charge in [0, 0.05) is 19.6 Å². The van der Waals surface area contributed by atoms with Crippen LogP contribution in [0.1, 0.15) is 25.7 Å². The predicted molar refractivity (Wildman–Crippen MR) is 44.2 cm³/mol. The average Bonchev–Trinajstić information content (AvgIpc) is 2.06. The van der Waals surface area contributed by atoms with Crippen molar-refractivity contribution in [3.63, 3.8) is 0 Å². The molecule has 0 spiro atoms. The lowest BCUT2D eigenvalue weighted by Crippen LogP contribution is -2.23. The number of nitrogens with zero attached hydrogens (tertiary/aromatic N) is 1. The Bertz CT molecular complexity index is 163. The summed E-state index contributed by atoms with van der Waals surface area (Å²) in [5.41, 5.74) is 0. The maximum Gasteiger partial charge on any atom is 0.220 e. The number of rotatable bonds is 6. The fraction of sp³-hybridized carbons (Fsp3) is 0.750. The molecular weight excluding hydrogens is 156 g/mol. The highest BCUT2D eigenvalue weighted by Crippen LogP contribution is 1.93. The monoisotopic (exact) mass is 170 g/mol. The van der Waals surface area contributed by atoms with Crippen LogP contribution in [0.2, 0.25) is 0 Å². The van der Waals surface area contributed by atoms with E-state index in [0.717, 1.165) is 0 Å². The lowest BCUT2D eigenvalue weighted by atomic mass is 10.2. The molecule has 0 saturated carbocycles. The minimum absolute atomic E-state index is 0.0429. The molecular formula is C8H14N2O2. The summed E-state index contributed by atoms with van der Waals surface area (Å²) in [6, 6.07) is 1.94. The molecule has 0 radical (unpaired) electrons. The van der Waals surface area contributed by atoms with Crippen molar-refractivity contribution in [2.45, 2.75) is 25.7 Å². The van der Waals surface area contributed by atoms with Crippen LogP contribution in [0.3, 0.4) is 0 Å². The van der Waals surface area contributed by atoms with Gasteiger partial charge in [0.2, 0.25) is 5.91 Å². The zero-order valence-corrected chi connectivity index (χ0v) is 7.05. The van der Waals surface area contributed by atoms with E-state index in [1.807, 2.05) is 6.07 Å². The normalized spacial score (nSPS) is 9.00. The number of aliphatic hydroxyl groups is 1. The van der Waals surface area contributed by atoms with Crippen molar-refractivity contribution in [3.05, 3.63) is 0 Å². The van der Waals surface area contributed by atoms with E-state index in [0.29, 0.717) is 32.2 Å². The molecule has 0 aromatic heterocycles. The molecule has 0 unspecified atom stereocenters. The lowest BCUT2D eigenvalue weighted by Gasteiger charge is -2.00. The van der Waals surface area contributed by atoms with Crippen molar-refractivity contribution in [2.24, 2.45) is 0 Å². The highest BCUT2D eigenvalue weighted by Gasteiger charge is 1.98. The first kappa shape index (κ1) is 10.9. The van der Waals surface area contributed by atoms with Crippen LogP contribution in [-0.4, -0.2) is 24.2 Å². The van der Waals surface area contributed by atoms with E-state index in [4.69, 9.17) is 10.4 Å². The summed E-state index contributed by atoms with van der Waals surface area (Å²) in [5.74, 6) is -0.0429. The summed E-state index contributed by atoms with van der Waals surface area (Å²) in [5, 5.41) is 19.2. The first-order valence-corrected chi connectivity index (χ1v) is 4.05. The first-order chi connectivity index (χ1) is 5.81. The number of hydrogen-bond donors (Lipinski definition) is 2. The molecule has 0 aromatic carbocycles. The van der Waals surface area contributed by atoms with Crippen molar-refractivity contribution in [3.8, 4) is 6.07 Å². The number of nitriles is 1. The van der Waals surface area contributed by atoms with E-state index in [-0.39, 0.29) is 12.5 Å². The fourth-order valence-corrected chi connectivity index (χ4v) is 0.744. The van der Waals surface area contributed by atoms with Gasteiger partial charge in [-0.05, 0) is 12.8 Å². The Morgan fingerprint density at radius 1 is 1.50 bits per heavy atom. The van der Waals surface area contributed by atoms with Crippen molar-refractivity contribution in [1.82, 2.24) is 5.32 Å². The van der Waals surface area contributed by atoms with Gasteiger partial charge in [-0.3, -0.25) is 4.79 Å². The number of aliphatic hydroxyl groups excluding tert-OH is 1. The van der Waals surface area contributed by atoms with Gasteiger partial charge < -0.3 is 10.4 Å². The Kier molecular flexibility index (Phi) is 7.30. The second-order valence-corrected chi connectivity index (χ2v) is 2.44. The van der Waals surface area contributed by atoms with E-state index in [2.05, 4.69) is 5.32 Å². The molecule has 0 fully saturated rings. The Hall–Kier alpha value is -1.08. The summed E-state index contributed by atoms with van der Waals surface area (Å²) in [6.07, 6.45) is 2.15. The number of nitrogens with one attached hydrogen (secondary N) is 1. The standard InChI is InChI=1S/C8H14N2O2/c9-5-3-6-10-8(12)4-1-2-7-11/h11H,1-4,6-7H2,(H,10,12). The van der Waals surface area contributed by atoms with Crippen LogP contribution in [0.25, 0.3) is 0 Å². The maximum atomic E-state index is 10.9. The molecule has 0 aliphatic carbocycles. The van der Waals surface area contributed by atoms with Gasteiger partial charge in [-0.15, -0.1) is 0 Å². The third-order valence-electron chi connectivity index (χ3n) is 1.37. The van der Waals surface area contributed by atoms with Gasteiger partial charge in [0.05, 0.1) is 12.5 Å². The zero-order valence-electron chi connectivity index (χ0n) is 7.05. The van der Waals surface area contributed by atoms with Crippen LogP contribution >= 0.6 is 0 Å². The van der Waals surface area contributed by atoms with E-state index in [9.17, 15) is 4.79 Å². The summed E-state index contributed by atoms with van der Waals surface area (Å²) in [7, 11) is 0. The SMILES string of the molecule is N#CCCNC(=O)CCCCO. The summed E-state index contributed by atoms with van der Waals surface area (Å²) in [4.78, 5) is 10.9. The number of carbonyl (C=O) groups excluding carboxylic acids is 1. The van der Waals surface area contributed by atoms with Crippen LogP contribution in [0.4, 0.5) is 0 Å². The summed E-state index contributed by atoms with van der Waals surface area (Å²) >= 11 is 0. The second-order valence-electron chi connectivity index (χ2n) is 2.44. The lowest BCUT2D eigenvalue weighted by molar-refractivity contribution is -0.121. The molecule has 0 heterocycles. The molecule has 0 atom stereocenters. The molecule has 1 amide bonds. The van der Waals surface area contributed by atoms with Crippen LogP contribution in [-0.2, 0) is 4.79 Å². The van der Waals surface area contributed by atoms with Gasteiger partial charge in [0.15, 0.2) is 0 Å². The highest BCUT2D eigenvalue weighted by atomic mass is 16.2. The molecule has 12 heavy (non-hydrogen) atoms. The second kappa shape index (κ2) is 8.02. The molecule has 4 nitrogen and oxygen atoms in total. The molecule has 0 saturated heterocycles. The molecule has 0 aliphatic rings. The molecule has 0 bridgehead atoms. The van der Waals surface area contributed by atoms with Crippen molar-refractivity contribution >= 4 is 5.91 Å². The number of amides is 1. The number of hydrogen-bond acceptors (Lipinski definition) is 3. The molecule has 0 rings (SSSR count). The summed E-state index contributed by atoms with van der Waals surface area (Å²) < 4.78 is 0. The molecule has 0 aromatic rings. The van der Waals surface area contributed by atoms with E-state index >= 15 is 0 Å². The van der Waals surface area contributed by atoms with Crippen LogP contribution < -0.4 is 5.32 Å². The fourth-order valence-electron chi connectivity index (χ4n) is 0.744. The quantitative estimate of drug-likeness (QED) is 0.558. The van der Waals surface area contributed by atoms with Gasteiger partial charge >= 0.3 is 0 Å². The Morgan fingerprint density at radius 3 is 2.83 bits per heavy atom. The average molecular weight is 170 g/mol. The molecule has 4 heteroatoms. The Labute approximate surface area is 72.2 Å². The first-order valence-electron chi connectivity index (χ1n) is 4.05. The minimum atomic E-state index is -0.0429. The predicted octanol–water partition coefficient (Wildman–Crippen LogP) is 0.179. The van der Waals surface area contributed by atoms with Gasteiger partial charge in [-0.1, -0.05) is 0 Å². The van der Waals surface area contributed by atoms with Gasteiger partial charge in [-0.25, -0.2) is 0 Å². The highest BCUT2D eigenvalue weighted by molar-refractivity contribution is 5.75. The number of carbonyl (C=O) groups is 1. The van der Waals surface area contributed by atoms with Crippen LogP contribution in [0, 0.1) is 11.3 Å². The van der Waals surface area contributed by atoms with Crippen molar-refractivity contribution in [2.75, 3.05) is 13.2 Å². The third-order valence-corrected chi connectivity index (χ3v) is 1.37. The number of unbranched alkanes of at least 4 members (excludes halogenated alkanes) is 1. The van der Waals surface area contributed by atoms with E-state index in [1.54, 1.807) is 0 Å². The molecule has 0 aliphatic heterocycles. The summed E-state index contributed by atoms with van der Waals surface area (Å²) in [6.45, 7) is 0.555. The van der Waals surface area contributed by atoms with Crippen molar-refractivity contribution < 1.29 is 9.90 Å². The third kappa shape index (κ3) is 7.03. The minimum Gasteiger partial charge on any atom is -0.396 e. The largest absolute Gasteiger partial charge is 0.396 e. The van der Waals surface area contributed by atoms with E-state index in [1.165, 1.54) is 0 Å². The maximum absolute atomic E-state index is 10.9. The van der Waals surface area contributed by atoms with Crippen molar-refractivity contribution in [1.29, 1.82) is 5.26 Å². The molecule has 68 valence electrons. The smallest absolute Gasteiger partial charge is 0.220 e.